The molecule has 9 nitrogen and oxygen atoms in total. The number of hydrogen-bond acceptors (Lipinski definition) is 7. The summed E-state index contributed by atoms with van der Waals surface area (Å²) < 4.78 is 21.0. The summed E-state index contributed by atoms with van der Waals surface area (Å²) in [6.07, 6.45) is 0.0595. The van der Waals surface area contributed by atoms with E-state index in [1.165, 1.54) is 20.3 Å². The molecule has 2 aromatic carbocycles. The van der Waals surface area contributed by atoms with Gasteiger partial charge in [0.15, 0.2) is 11.5 Å². The first-order chi connectivity index (χ1) is 15.0. The molecule has 0 aromatic heterocycles. The van der Waals surface area contributed by atoms with Crippen molar-refractivity contribution in [3.8, 4) is 17.2 Å². The summed E-state index contributed by atoms with van der Waals surface area (Å²) in [7, 11) is 2.74. The van der Waals surface area contributed by atoms with Crippen molar-refractivity contribution in [3.63, 3.8) is 0 Å². The van der Waals surface area contributed by atoms with Crippen LogP contribution in [0.5, 0.6) is 17.2 Å². The normalized spacial score (nSPS) is 17.3. The summed E-state index contributed by atoms with van der Waals surface area (Å²) in [4.78, 5) is 39.1. The number of carbonyl (C=O) groups is 3. The second kappa shape index (κ2) is 8.55. The minimum absolute atomic E-state index is 0.0595. The monoisotopic (exact) mass is 426 g/mol. The predicted molar refractivity (Wildman–Crippen MR) is 111 cm³/mol. The molecule has 0 saturated carbocycles. The lowest BCUT2D eigenvalue weighted by Gasteiger charge is -2.22. The zero-order valence-electron chi connectivity index (χ0n) is 17.2. The van der Waals surface area contributed by atoms with Crippen LogP contribution in [0.1, 0.15) is 16.8 Å². The Morgan fingerprint density at radius 3 is 2.58 bits per heavy atom. The van der Waals surface area contributed by atoms with Gasteiger partial charge >= 0.3 is 5.97 Å². The molecule has 2 aliphatic heterocycles. The Balaban J connectivity index is 1.50. The van der Waals surface area contributed by atoms with Gasteiger partial charge in [-0.15, -0.1) is 0 Å². The molecular formula is C22H22N2O7. The van der Waals surface area contributed by atoms with Crippen molar-refractivity contribution >= 4 is 29.2 Å². The first-order valence-electron chi connectivity index (χ1n) is 9.77. The number of nitrogens with zero attached hydrogens (tertiary/aromatic N) is 1. The van der Waals surface area contributed by atoms with Crippen molar-refractivity contribution in [1.29, 1.82) is 0 Å². The summed E-state index contributed by atoms with van der Waals surface area (Å²) in [6.45, 7) is 1.14. The topological polar surface area (TPSA) is 103 Å². The second-order valence-electron chi connectivity index (χ2n) is 7.13. The van der Waals surface area contributed by atoms with E-state index >= 15 is 0 Å². The fraction of sp³-hybridized carbons (Fsp3) is 0.318. The number of carbonyl (C=O) groups excluding carboxylic acids is 3. The number of benzene rings is 2. The molecule has 1 unspecified atom stereocenters. The van der Waals surface area contributed by atoms with Crippen LogP contribution >= 0.6 is 0 Å². The van der Waals surface area contributed by atoms with Gasteiger partial charge < -0.3 is 29.2 Å². The van der Waals surface area contributed by atoms with Gasteiger partial charge in [0, 0.05) is 24.7 Å². The van der Waals surface area contributed by atoms with Crippen molar-refractivity contribution < 1.29 is 33.3 Å². The molecule has 2 aliphatic rings. The highest BCUT2D eigenvalue weighted by atomic mass is 16.6. The minimum atomic E-state index is -0.602. The molecule has 2 heterocycles. The van der Waals surface area contributed by atoms with Crippen LogP contribution < -0.4 is 24.4 Å². The van der Waals surface area contributed by atoms with Gasteiger partial charge in [-0.2, -0.15) is 0 Å². The Morgan fingerprint density at radius 1 is 1.06 bits per heavy atom. The molecule has 0 spiro atoms. The number of nitrogens with one attached hydrogen (secondary N) is 1. The average molecular weight is 426 g/mol. The first-order valence-corrected chi connectivity index (χ1v) is 9.77. The van der Waals surface area contributed by atoms with Gasteiger partial charge in [0.1, 0.15) is 19.0 Å². The number of ether oxygens (including phenoxy) is 4. The molecule has 1 saturated heterocycles. The highest BCUT2D eigenvalue weighted by Gasteiger charge is 2.36. The maximum Gasteiger partial charge on any atom is 0.340 e. The lowest BCUT2D eigenvalue weighted by molar-refractivity contribution is -0.122. The summed E-state index contributed by atoms with van der Waals surface area (Å²) in [5, 5.41) is 2.74. The fourth-order valence-corrected chi connectivity index (χ4v) is 3.61. The molecule has 2 aromatic rings. The third-order valence-corrected chi connectivity index (χ3v) is 5.22. The number of esters is 1. The number of amides is 2. The maximum atomic E-state index is 12.9. The molecule has 31 heavy (non-hydrogen) atoms. The lowest BCUT2D eigenvalue weighted by Crippen LogP contribution is -2.28. The van der Waals surface area contributed by atoms with Crippen molar-refractivity contribution in [2.45, 2.75) is 6.42 Å². The zero-order valence-corrected chi connectivity index (χ0v) is 17.2. The van der Waals surface area contributed by atoms with E-state index in [4.69, 9.17) is 18.9 Å². The predicted octanol–water partition coefficient (Wildman–Crippen LogP) is 2.24. The Hall–Kier alpha value is -3.75. The number of hydrogen-bond donors (Lipinski definition) is 1. The number of methoxy groups -OCH3 is 2. The third-order valence-electron chi connectivity index (χ3n) is 5.22. The van der Waals surface area contributed by atoms with Crippen molar-refractivity contribution in [1.82, 2.24) is 0 Å². The van der Waals surface area contributed by atoms with Gasteiger partial charge in [-0.25, -0.2) is 4.79 Å². The van der Waals surface area contributed by atoms with Crippen LogP contribution in [-0.2, 0) is 14.3 Å². The van der Waals surface area contributed by atoms with E-state index in [1.54, 1.807) is 35.2 Å². The van der Waals surface area contributed by atoms with Crippen LogP contribution in [0.4, 0.5) is 11.4 Å². The van der Waals surface area contributed by atoms with Crippen LogP contribution in [-0.4, -0.2) is 51.8 Å². The van der Waals surface area contributed by atoms with E-state index in [0.29, 0.717) is 41.8 Å². The largest absolute Gasteiger partial charge is 0.497 e. The SMILES string of the molecule is COC(=O)c1cc(OC)ccc1NC(=O)C1CC(=O)N(c2ccc3c(c2)OCCO3)C1. The molecule has 1 N–H and O–H groups in total. The summed E-state index contributed by atoms with van der Waals surface area (Å²) in [5.41, 5.74) is 1.11. The van der Waals surface area contributed by atoms with Gasteiger partial charge in [-0.1, -0.05) is 0 Å². The van der Waals surface area contributed by atoms with Crippen molar-refractivity contribution in [2.75, 3.05) is 44.2 Å². The van der Waals surface area contributed by atoms with Crippen LogP contribution in [0.25, 0.3) is 0 Å². The highest BCUT2D eigenvalue weighted by molar-refractivity contribution is 6.06. The zero-order chi connectivity index (χ0) is 22.0. The molecule has 162 valence electrons. The Bertz CT molecular complexity index is 1040. The molecule has 1 atom stereocenters. The Kier molecular flexibility index (Phi) is 5.66. The quantitative estimate of drug-likeness (QED) is 0.732. The molecular weight excluding hydrogens is 404 g/mol. The van der Waals surface area contributed by atoms with E-state index in [9.17, 15) is 14.4 Å². The van der Waals surface area contributed by atoms with Crippen molar-refractivity contribution in [3.05, 3.63) is 42.0 Å². The Labute approximate surface area is 178 Å². The van der Waals surface area contributed by atoms with E-state index < -0.39 is 11.9 Å². The van der Waals surface area contributed by atoms with Gasteiger partial charge in [-0.3, -0.25) is 9.59 Å². The smallest absolute Gasteiger partial charge is 0.340 e. The van der Waals surface area contributed by atoms with Crippen LogP contribution in [0.2, 0.25) is 0 Å². The number of fused-ring (bicyclic) bond motifs is 1. The van der Waals surface area contributed by atoms with Gasteiger partial charge in [0.05, 0.1) is 31.4 Å². The number of rotatable bonds is 5. The Morgan fingerprint density at radius 2 is 1.84 bits per heavy atom. The summed E-state index contributed by atoms with van der Waals surface area (Å²) in [5.74, 6) is -0.0400. The second-order valence-corrected chi connectivity index (χ2v) is 7.13. The molecule has 0 aliphatic carbocycles. The highest BCUT2D eigenvalue weighted by Crippen LogP contribution is 2.36. The minimum Gasteiger partial charge on any atom is -0.497 e. The standard InChI is InChI=1S/C22H22N2O7/c1-28-15-4-5-17(16(11-15)22(27)29-2)23-21(26)13-9-20(25)24(12-13)14-3-6-18-19(10-14)31-8-7-30-18/h3-6,10-11,13H,7-9,12H2,1-2H3,(H,23,26). The fourth-order valence-electron chi connectivity index (χ4n) is 3.61. The molecule has 4 rings (SSSR count). The van der Waals surface area contributed by atoms with Gasteiger partial charge in [0.2, 0.25) is 11.8 Å². The molecule has 9 heteroatoms. The maximum absolute atomic E-state index is 12.9. The van der Waals surface area contributed by atoms with Gasteiger partial charge in [0.25, 0.3) is 0 Å². The molecule has 1 fully saturated rings. The van der Waals surface area contributed by atoms with Crippen LogP contribution in [0, 0.1) is 5.92 Å². The molecule has 0 bridgehead atoms. The average Bonchev–Trinajstić information content (AvgIpc) is 3.20. The molecule has 2 amide bonds. The number of anilines is 2. The molecule has 0 radical (unpaired) electrons. The summed E-state index contributed by atoms with van der Waals surface area (Å²) >= 11 is 0. The van der Waals surface area contributed by atoms with E-state index in [2.05, 4.69) is 5.32 Å². The summed E-state index contributed by atoms with van der Waals surface area (Å²) in [6, 6.07) is 9.95. The van der Waals surface area contributed by atoms with Gasteiger partial charge in [-0.05, 0) is 30.3 Å². The van der Waals surface area contributed by atoms with Crippen LogP contribution in [0.15, 0.2) is 36.4 Å². The van der Waals surface area contributed by atoms with E-state index in [1.807, 2.05) is 0 Å². The van der Waals surface area contributed by atoms with Crippen LogP contribution in [0.3, 0.4) is 0 Å². The van der Waals surface area contributed by atoms with Crippen molar-refractivity contribution in [2.24, 2.45) is 5.92 Å². The lowest BCUT2D eigenvalue weighted by atomic mass is 10.1. The first kappa shape index (κ1) is 20.5. The van der Waals surface area contributed by atoms with E-state index in [-0.39, 0.29) is 30.3 Å². The van der Waals surface area contributed by atoms with E-state index in [0.717, 1.165) is 0 Å². The third kappa shape index (κ3) is 4.11.